The zero-order valence-corrected chi connectivity index (χ0v) is 26.5. The molecule has 2 aliphatic rings. The van der Waals surface area contributed by atoms with Gasteiger partial charge in [0.15, 0.2) is 0 Å². The molecular weight excluding hydrogens is 584 g/mol. The lowest BCUT2D eigenvalue weighted by Crippen LogP contribution is -2.23. The molecule has 0 N–H and O–H groups in total. The van der Waals surface area contributed by atoms with E-state index in [1.165, 1.54) is 0 Å². The van der Waals surface area contributed by atoms with Crippen LogP contribution in [0.5, 0.6) is 23.0 Å². The van der Waals surface area contributed by atoms with Gasteiger partial charge in [-0.2, -0.15) is 0 Å². The van der Waals surface area contributed by atoms with E-state index in [0.29, 0.717) is 39.6 Å². The van der Waals surface area contributed by atoms with Crippen molar-refractivity contribution in [3.05, 3.63) is 97.1 Å². The molecule has 0 radical (unpaired) electrons. The first-order valence-corrected chi connectivity index (χ1v) is 16.0. The fourth-order valence-corrected chi connectivity index (χ4v) is 4.80. The topological polar surface area (TPSA) is 80.4 Å². The molecule has 2 fully saturated rings. The van der Waals surface area contributed by atoms with Crippen molar-refractivity contribution in [1.82, 2.24) is 0 Å². The molecule has 2 heterocycles. The van der Waals surface area contributed by atoms with Gasteiger partial charge in [-0.25, -0.2) is 0 Å². The monoisotopic (exact) mass is 626 g/mol. The van der Waals surface area contributed by atoms with E-state index < -0.39 is 0 Å². The molecule has 0 amide bonds. The Morgan fingerprint density at radius 2 is 0.804 bits per heavy atom. The van der Waals surface area contributed by atoms with Crippen LogP contribution in [0.3, 0.4) is 0 Å². The summed E-state index contributed by atoms with van der Waals surface area (Å²) in [7, 11) is 0. The van der Waals surface area contributed by atoms with Crippen molar-refractivity contribution in [2.75, 3.05) is 52.9 Å². The SMILES string of the molecule is CC(COCCOCC(C)Oc1ccc(-c2ccc(OCC3CO3)cc2)cc1)Oc1ccc(-c2ccc(OCC3CO3)cc2)cc1. The minimum Gasteiger partial charge on any atom is -0.491 e. The molecule has 0 spiro atoms. The van der Waals surface area contributed by atoms with Gasteiger partial charge in [-0.1, -0.05) is 48.5 Å². The summed E-state index contributed by atoms with van der Waals surface area (Å²) in [4.78, 5) is 0. The van der Waals surface area contributed by atoms with Gasteiger partial charge in [0.1, 0.15) is 60.6 Å². The average Bonchev–Trinajstić information content (AvgIpc) is 4.02. The summed E-state index contributed by atoms with van der Waals surface area (Å²) in [6, 6.07) is 32.4. The lowest BCUT2D eigenvalue weighted by molar-refractivity contribution is -0.00159. The third kappa shape index (κ3) is 10.2. The van der Waals surface area contributed by atoms with Gasteiger partial charge in [-0.05, 0) is 84.6 Å². The van der Waals surface area contributed by atoms with Crippen molar-refractivity contribution >= 4 is 0 Å². The highest BCUT2D eigenvalue weighted by Gasteiger charge is 2.23. The molecule has 6 rings (SSSR count). The van der Waals surface area contributed by atoms with E-state index in [1.54, 1.807) is 0 Å². The van der Waals surface area contributed by atoms with Crippen LogP contribution in [0, 0.1) is 0 Å². The number of ether oxygens (including phenoxy) is 8. The number of hydrogen-bond donors (Lipinski definition) is 0. The predicted octanol–water partition coefficient (Wildman–Crippen LogP) is 6.84. The zero-order valence-electron chi connectivity index (χ0n) is 26.5. The molecule has 46 heavy (non-hydrogen) atoms. The first-order valence-electron chi connectivity index (χ1n) is 16.0. The summed E-state index contributed by atoms with van der Waals surface area (Å²) in [6.07, 6.45) is 0.333. The Labute approximate surface area is 271 Å². The van der Waals surface area contributed by atoms with Gasteiger partial charge in [0.25, 0.3) is 0 Å². The normalized spacial score (nSPS) is 18.0. The van der Waals surface area contributed by atoms with Gasteiger partial charge in [0.2, 0.25) is 0 Å². The van der Waals surface area contributed by atoms with Crippen LogP contribution in [0.2, 0.25) is 0 Å². The third-order valence-corrected chi connectivity index (χ3v) is 7.51. The Morgan fingerprint density at radius 1 is 0.500 bits per heavy atom. The van der Waals surface area contributed by atoms with E-state index in [2.05, 4.69) is 48.5 Å². The first-order chi connectivity index (χ1) is 22.6. The van der Waals surface area contributed by atoms with E-state index in [4.69, 9.17) is 37.9 Å². The zero-order chi connectivity index (χ0) is 31.6. The maximum absolute atomic E-state index is 6.03. The van der Waals surface area contributed by atoms with Crippen molar-refractivity contribution in [2.45, 2.75) is 38.3 Å². The molecule has 2 aliphatic heterocycles. The van der Waals surface area contributed by atoms with Crippen molar-refractivity contribution in [1.29, 1.82) is 0 Å². The molecule has 4 aromatic carbocycles. The molecule has 0 bridgehead atoms. The van der Waals surface area contributed by atoms with Crippen molar-refractivity contribution in [3.63, 3.8) is 0 Å². The first kappa shape index (κ1) is 31.9. The highest BCUT2D eigenvalue weighted by Crippen LogP contribution is 2.27. The maximum atomic E-state index is 6.03. The largest absolute Gasteiger partial charge is 0.491 e. The number of rotatable bonds is 19. The van der Waals surface area contributed by atoms with Gasteiger partial charge in [-0.3, -0.25) is 0 Å². The Kier molecular flexibility index (Phi) is 11.1. The highest BCUT2D eigenvalue weighted by molar-refractivity contribution is 5.65. The molecule has 242 valence electrons. The molecule has 8 heteroatoms. The molecule has 8 nitrogen and oxygen atoms in total. The molecule has 4 aromatic rings. The maximum Gasteiger partial charge on any atom is 0.119 e. The Morgan fingerprint density at radius 3 is 1.11 bits per heavy atom. The molecule has 0 aliphatic carbocycles. The molecule has 4 atom stereocenters. The Bertz CT molecular complexity index is 1350. The average molecular weight is 627 g/mol. The van der Waals surface area contributed by atoms with E-state index >= 15 is 0 Å². The second-order valence-corrected chi connectivity index (χ2v) is 11.6. The van der Waals surface area contributed by atoms with E-state index in [0.717, 1.165) is 58.5 Å². The number of epoxide rings is 2. The molecule has 4 unspecified atom stereocenters. The minimum atomic E-state index is -0.0864. The molecule has 0 aromatic heterocycles. The highest BCUT2D eigenvalue weighted by atomic mass is 16.6. The van der Waals surface area contributed by atoms with Gasteiger partial charge in [-0.15, -0.1) is 0 Å². The van der Waals surface area contributed by atoms with Crippen LogP contribution in [-0.4, -0.2) is 77.3 Å². The van der Waals surface area contributed by atoms with Crippen LogP contribution in [-0.2, 0) is 18.9 Å². The van der Waals surface area contributed by atoms with Crippen LogP contribution in [0.4, 0.5) is 0 Å². The number of benzene rings is 4. The summed E-state index contributed by atoms with van der Waals surface area (Å²) >= 11 is 0. The van der Waals surface area contributed by atoms with Crippen LogP contribution in [0.1, 0.15) is 13.8 Å². The lowest BCUT2D eigenvalue weighted by atomic mass is 10.1. The fraction of sp³-hybridized carbons (Fsp3) is 0.368. The van der Waals surface area contributed by atoms with Crippen LogP contribution in [0.25, 0.3) is 22.3 Å². The predicted molar refractivity (Wildman–Crippen MR) is 176 cm³/mol. The standard InChI is InChI=1S/C38H42O8/c1-27(45-35-15-7-31(8-16-35)29-3-11-33(12-4-29)41-23-37-25-43-37)21-39-19-20-40-22-28(2)46-36-17-9-32(10-18-36)30-5-13-34(14-6-30)42-24-38-26-44-38/h3-18,27-28,37-38H,19-26H2,1-2H3. The van der Waals surface area contributed by atoms with Gasteiger partial charge in [0, 0.05) is 0 Å². The van der Waals surface area contributed by atoms with Crippen molar-refractivity contribution in [3.8, 4) is 45.3 Å². The van der Waals surface area contributed by atoms with E-state index in [1.807, 2.05) is 62.4 Å². The summed E-state index contributed by atoms with van der Waals surface area (Å²) in [6.45, 7) is 8.72. The quantitative estimate of drug-likeness (QED) is 0.0827. The molecular formula is C38H42O8. The van der Waals surface area contributed by atoms with Gasteiger partial charge < -0.3 is 37.9 Å². The fourth-order valence-electron chi connectivity index (χ4n) is 4.80. The van der Waals surface area contributed by atoms with Crippen LogP contribution in [0.15, 0.2) is 97.1 Å². The van der Waals surface area contributed by atoms with Crippen LogP contribution < -0.4 is 18.9 Å². The minimum absolute atomic E-state index is 0.0864. The second kappa shape index (κ2) is 16.0. The third-order valence-electron chi connectivity index (χ3n) is 7.51. The summed E-state index contributed by atoms with van der Waals surface area (Å²) in [5, 5.41) is 0. The van der Waals surface area contributed by atoms with Crippen molar-refractivity contribution < 1.29 is 37.9 Å². The van der Waals surface area contributed by atoms with E-state index in [-0.39, 0.29) is 24.4 Å². The number of hydrogen-bond acceptors (Lipinski definition) is 8. The van der Waals surface area contributed by atoms with Crippen molar-refractivity contribution in [2.24, 2.45) is 0 Å². The molecule has 2 saturated heterocycles. The van der Waals surface area contributed by atoms with Gasteiger partial charge in [0.05, 0.1) is 39.6 Å². The van der Waals surface area contributed by atoms with E-state index in [9.17, 15) is 0 Å². The van der Waals surface area contributed by atoms with Gasteiger partial charge >= 0.3 is 0 Å². The summed E-state index contributed by atoms with van der Waals surface area (Å²) < 4.78 is 45.4. The summed E-state index contributed by atoms with van der Waals surface area (Å²) in [5.74, 6) is 3.32. The summed E-state index contributed by atoms with van der Waals surface area (Å²) in [5.41, 5.74) is 4.49. The van der Waals surface area contributed by atoms with Crippen LogP contribution >= 0.6 is 0 Å². The Hall–Kier alpha value is -4.08. The second-order valence-electron chi connectivity index (χ2n) is 11.6. The molecule has 0 saturated carbocycles. The lowest BCUT2D eigenvalue weighted by Gasteiger charge is -2.17. The Balaban J connectivity index is 0.825. The smallest absolute Gasteiger partial charge is 0.119 e.